The van der Waals surface area contributed by atoms with Crippen LogP contribution in [-0.4, -0.2) is 113 Å². The summed E-state index contributed by atoms with van der Waals surface area (Å²) in [7, 11) is 0. The Kier molecular flexibility index (Phi) is 9.30. The second-order valence-corrected chi connectivity index (χ2v) is 15.6. The molecule has 0 radical (unpaired) electrons. The molecule has 5 rings (SSSR count). The summed E-state index contributed by atoms with van der Waals surface area (Å²) >= 11 is 0. The molecule has 4 aliphatic carbocycles. The number of carbonyl (C=O) groups excluding carboxylic acids is 1. The van der Waals surface area contributed by atoms with Gasteiger partial charge in [-0.15, -0.1) is 0 Å². The van der Waals surface area contributed by atoms with Crippen LogP contribution in [0.4, 0.5) is 0 Å². The Labute approximate surface area is 259 Å². The van der Waals surface area contributed by atoms with Crippen LogP contribution in [0.2, 0.25) is 0 Å². The monoisotopic (exact) mass is 626 g/mol. The smallest absolute Gasteiger partial charge is 0.187 e. The maximum atomic E-state index is 13.9. The number of allylic oxidation sites excluding steroid dienone is 1. The average molecular weight is 627 g/mol. The summed E-state index contributed by atoms with van der Waals surface area (Å²) in [5, 5.41) is 86.9. The van der Waals surface area contributed by atoms with E-state index in [1.807, 2.05) is 13.8 Å². The summed E-state index contributed by atoms with van der Waals surface area (Å²) in [4.78, 5) is 13.9. The van der Waals surface area contributed by atoms with Crippen molar-refractivity contribution in [3.63, 3.8) is 0 Å². The lowest BCUT2D eigenvalue weighted by Crippen LogP contribution is -2.64. The molecular weight excluding hydrogens is 572 g/mol. The number of carbonyl (C=O) groups is 1. The van der Waals surface area contributed by atoms with Crippen LogP contribution in [0.1, 0.15) is 86.0 Å². The first-order chi connectivity index (χ1) is 20.4. The first-order valence-corrected chi connectivity index (χ1v) is 16.4. The Morgan fingerprint density at radius 3 is 2.36 bits per heavy atom. The van der Waals surface area contributed by atoms with Crippen molar-refractivity contribution in [2.24, 2.45) is 34.5 Å². The predicted octanol–water partition coefficient (Wildman–Crippen LogP) is 0.563. The highest BCUT2D eigenvalue weighted by atomic mass is 16.7. The van der Waals surface area contributed by atoms with Crippen LogP contribution in [0.25, 0.3) is 0 Å². The van der Waals surface area contributed by atoms with Crippen LogP contribution >= 0.6 is 0 Å². The van der Waals surface area contributed by atoms with Crippen molar-refractivity contribution in [3.05, 3.63) is 11.6 Å². The van der Waals surface area contributed by atoms with Gasteiger partial charge in [0.25, 0.3) is 0 Å². The summed E-state index contributed by atoms with van der Waals surface area (Å²) in [5.41, 5.74) is -3.55. The number of fused-ring (bicyclic) bond motifs is 5. The summed E-state index contributed by atoms with van der Waals surface area (Å²) < 4.78 is 11.4. The molecule has 8 N–H and O–H groups in total. The Balaban J connectivity index is 1.38. The fourth-order valence-electron chi connectivity index (χ4n) is 9.81. The van der Waals surface area contributed by atoms with Gasteiger partial charge in [0.1, 0.15) is 24.4 Å². The molecule has 11 nitrogen and oxygen atoms in total. The zero-order valence-corrected chi connectivity index (χ0v) is 26.7. The molecule has 4 fully saturated rings. The highest BCUT2D eigenvalue weighted by molar-refractivity contribution is 5.95. The van der Waals surface area contributed by atoms with Crippen LogP contribution in [0.3, 0.4) is 0 Å². The molecule has 44 heavy (non-hydrogen) atoms. The normalized spacial score (nSPS) is 49.5. The zero-order valence-electron chi connectivity index (χ0n) is 26.7. The van der Waals surface area contributed by atoms with Gasteiger partial charge >= 0.3 is 0 Å². The van der Waals surface area contributed by atoms with Crippen molar-refractivity contribution >= 4 is 5.78 Å². The van der Waals surface area contributed by atoms with Gasteiger partial charge in [0.15, 0.2) is 12.1 Å². The molecule has 252 valence electrons. The number of hydrogen-bond acceptors (Lipinski definition) is 11. The van der Waals surface area contributed by atoms with Crippen LogP contribution in [0.5, 0.6) is 0 Å². The molecule has 0 aromatic heterocycles. The van der Waals surface area contributed by atoms with E-state index in [0.717, 1.165) is 6.42 Å². The van der Waals surface area contributed by atoms with Crippen molar-refractivity contribution in [2.75, 3.05) is 6.61 Å². The molecule has 0 bridgehead atoms. The maximum Gasteiger partial charge on any atom is 0.187 e. The lowest BCUT2D eigenvalue weighted by molar-refractivity contribution is -0.322. The van der Waals surface area contributed by atoms with E-state index in [-0.39, 0.29) is 30.5 Å². The number of ether oxygens (including phenoxy) is 2. The van der Waals surface area contributed by atoms with Gasteiger partial charge in [0.05, 0.1) is 36.1 Å². The maximum absolute atomic E-state index is 13.9. The second-order valence-electron chi connectivity index (χ2n) is 15.6. The molecule has 3 unspecified atom stereocenters. The van der Waals surface area contributed by atoms with Gasteiger partial charge in [-0.05, 0) is 93.1 Å². The highest BCUT2D eigenvalue weighted by Crippen LogP contribution is 2.68. The zero-order chi connectivity index (χ0) is 32.6. The molecule has 1 saturated heterocycles. The minimum Gasteiger partial charge on any atom is -0.394 e. The minimum atomic E-state index is -1.62. The molecule has 0 aromatic carbocycles. The molecule has 5 aliphatic rings. The lowest BCUT2D eigenvalue weighted by Gasteiger charge is -2.61. The van der Waals surface area contributed by atoms with Gasteiger partial charge in [0.2, 0.25) is 0 Å². The van der Waals surface area contributed by atoms with E-state index in [0.29, 0.717) is 43.6 Å². The van der Waals surface area contributed by atoms with Crippen molar-refractivity contribution in [3.8, 4) is 0 Å². The predicted molar refractivity (Wildman–Crippen MR) is 158 cm³/mol. The first-order valence-electron chi connectivity index (χ1n) is 16.4. The number of hydrogen-bond donors (Lipinski definition) is 8. The van der Waals surface area contributed by atoms with Crippen molar-refractivity contribution in [1.29, 1.82) is 0 Å². The molecule has 0 aromatic rings. The largest absolute Gasteiger partial charge is 0.394 e. The fourth-order valence-corrected chi connectivity index (χ4v) is 9.81. The van der Waals surface area contributed by atoms with E-state index in [2.05, 4.69) is 13.8 Å². The fraction of sp³-hybridized carbons (Fsp3) is 0.909. The SMILES string of the molecule is CC(C)CCC(O)[C@](C)(O)[C@H]1CCC2(O)C3=CC(=O)[C@@H]4C[C@@H](O[C@@H]5O[C@H](CO)[C@@H](O)[C@H](O)[C@H]5O)[C@@H](O)C[C@]4(C)C3CC[C@]12C. The summed E-state index contributed by atoms with van der Waals surface area (Å²) in [6.45, 7) is 9.17. The van der Waals surface area contributed by atoms with E-state index < -0.39 is 83.6 Å². The van der Waals surface area contributed by atoms with Gasteiger partial charge in [-0.1, -0.05) is 27.7 Å². The summed E-state index contributed by atoms with van der Waals surface area (Å²) in [6.07, 6.45) is -5.04. The molecule has 11 heteroatoms. The molecule has 1 heterocycles. The molecule has 1 aliphatic heterocycles. The highest BCUT2D eigenvalue weighted by Gasteiger charge is 2.69. The lowest BCUT2D eigenvalue weighted by atomic mass is 9.45. The van der Waals surface area contributed by atoms with E-state index in [1.54, 1.807) is 13.0 Å². The Morgan fingerprint density at radius 1 is 1.05 bits per heavy atom. The van der Waals surface area contributed by atoms with Crippen LogP contribution in [0.15, 0.2) is 11.6 Å². The number of rotatable bonds is 8. The van der Waals surface area contributed by atoms with Crippen LogP contribution in [-0.2, 0) is 14.3 Å². The number of ketones is 1. The average Bonchev–Trinajstić information content (AvgIpc) is 3.24. The summed E-state index contributed by atoms with van der Waals surface area (Å²) in [5.74, 6) is -0.913. The quantitative estimate of drug-likeness (QED) is 0.187. The van der Waals surface area contributed by atoms with Gasteiger partial charge in [-0.2, -0.15) is 0 Å². The molecule has 0 amide bonds. The summed E-state index contributed by atoms with van der Waals surface area (Å²) in [6, 6.07) is 0. The van der Waals surface area contributed by atoms with E-state index in [1.165, 1.54) is 0 Å². The van der Waals surface area contributed by atoms with E-state index in [9.17, 15) is 45.6 Å². The van der Waals surface area contributed by atoms with Crippen molar-refractivity contribution < 1.29 is 55.1 Å². The Hall–Kier alpha value is -0.990. The first kappa shape index (κ1) is 34.3. The van der Waals surface area contributed by atoms with Gasteiger partial charge in [-0.25, -0.2) is 0 Å². The van der Waals surface area contributed by atoms with E-state index in [4.69, 9.17) is 9.47 Å². The Bertz CT molecular complexity index is 1110. The molecule has 0 spiro atoms. The third-order valence-electron chi connectivity index (χ3n) is 12.6. The standard InChI is InChI=1S/C33H54O11/c1-16(2)6-7-25(37)32(5,41)24-9-11-33(42)18-12-20(35)19-13-22(43-29-28(40)27(39)26(38)23(15-34)44-29)21(36)14-30(19,3)17(18)8-10-31(24,33)4/h12,16-17,19,21-29,34,36-42H,6-11,13-15H2,1-5H3/t17?,19-,21-,22+,23+,24-,25?,26+,27-,28+,29+,30+,31+,32+,33?/m0/s1. The topological polar surface area (TPSA) is 197 Å². The third-order valence-corrected chi connectivity index (χ3v) is 12.6. The molecular formula is C33H54O11. The van der Waals surface area contributed by atoms with Crippen LogP contribution in [0, 0.1) is 34.5 Å². The molecule has 15 atom stereocenters. The van der Waals surface area contributed by atoms with Gasteiger partial charge in [-0.3, -0.25) is 4.79 Å². The second kappa shape index (κ2) is 11.9. The third kappa shape index (κ3) is 5.23. The van der Waals surface area contributed by atoms with Gasteiger partial charge in [0, 0.05) is 11.3 Å². The van der Waals surface area contributed by atoms with E-state index >= 15 is 0 Å². The molecule has 3 saturated carbocycles. The van der Waals surface area contributed by atoms with Crippen molar-refractivity contribution in [1.82, 2.24) is 0 Å². The van der Waals surface area contributed by atoms with Crippen LogP contribution < -0.4 is 0 Å². The van der Waals surface area contributed by atoms with Crippen molar-refractivity contribution in [2.45, 2.75) is 146 Å². The Morgan fingerprint density at radius 2 is 1.73 bits per heavy atom. The number of aliphatic hydroxyl groups is 8. The number of aliphatic hydroxyl groups excluding tert-OH is 6. The van der Waals surface area contributed by atoms with Gasteiger partial charge < -0.3 is 50.3 Å². The minimum absolute atomic E-state index is 0.126.